The van der Waals surface area contributed by atoms with Gasteiger partial charge in [0.05, 0.1) is 11.2 Å². The molecule has 0 amide bonds. The topological polar surface area (TPSA) is 61.6 Å². The highest BCUT2D eigenvalue weighted by Gasteiger charge is 2.10. The van der Waals surface area contributed by atoms with Gasteiger partial charge in [0.1, 0.15) is 6.07 Å². The molecule has 1 heterocycles. The number of hydrogen-bond acceptors (Lipinski definition) is 5. The molecule has 5 heteroatoms. The number of rotatable bonds is 5. The van der Waals surface area contributed by atoms with Gasteiger partial charge in [-0.15, -0.1) is 10.2 Å². The number of benzene rings is 1. The van der Waals surface area contributed by atoms with E-state index in [0.29, 0.717) is 10.9 Å². The Hall–Kier alpha value is -1.80. The van der Waals surface area contributed by atoms with Crippen molar-refractivity contribution in [1.29, 1.82) is 5.26 Å². The highest BCUT2D eigenvalue weighted by molar-refractivity contribution is 7.99. The first-order valence-electron chi connectivity index (χ1n) is 6.18. The normalized spacial score (nSPS) is 12.1. The molecule has 19 heavy (non-hydrogen) atoms. The molecule has 98 valence electrons. The van der Waals surface area contributed by atoms with Crippen molar-refractivity contribution in [3.05, 3.63) is 30.0 Å². The minimum absolute atomic E-state index is 0.357. The van der Waals surface area contributed by atoms with Crippen LogP contribution in [0.15, 0.2) is 24.3 Å². The smallest absolute Gasteiger partial charge is 0.186 e. The summed E-state index contributed by atoms with van der Waals surface area (Å²) in [6.07, 6.45) is 3.15. The summed E-state index contributed by atoms with van der Waals surface area (Å²) in [6.45, 7) is 3.02. The number of anilines is 1. The Morgan fingerprint density at radius 3 is 2.89 bits per heavy atom. The predicted octanol–water partition coefficient (Wildman–Crippen LogP) is 3.05. The van der Waals surface area contributed by atoms with Gasteiger partial charge in [-0.3, -0.25) is 0 Å². The molecule has 2 aromatic rings. The number of fused-ring (bicyclic) bond motifs is 1. The van der Waals surface area contributed by atoms with Gasteiger partial charge in [-0.2, -0.15) is 17.0 Å². The van der Waals surface area contributed by atoms with Crippen LogP contribution < -0.4 is 5.32 Å². The highest BCUT2D eigenvalue weighted by Crippen LogP contribution is 2.24. The molecule has 0 saturated carbocycles. The first-order valence-corrected chi connectivity index (χ1v) is 7.47. The molecule has 0 aliphatic heterocycles. The molecule has 0 bridgehead atoms. The molecule has 0 aliphatic carbocycles. The quantitative estimate of drug-likeness (QED) is 0.906. The van der Waals surface area contributed by atoms with Crippen molar-refractivity contribution in [2.45, 2.75) is 18.6 Å². The van der Waals surface area contributed by atoms with Crippen LogP contribution in [0.1, 0.15) is 19.0 Å². The standard InChI is InChI=1S/C14H16N4S/c1-10(19-2)7-8-16-14-11-5-3-4-6-12(11)17-18-13(14)9-15/h3-6,10H,7-8H2,1-2H3,(H,16,17). The van der Waals surface area contributed by atoms with Gasteiger partial charge < -0.3 is 5.32 Å². The second-order valence-corrected chi connectivity index (χ2v) is 5.59. The van der Waals surface area contributed by atoms with E-state index in [0.717, 1.165) is 29.6 Å². The molecule has 0 radical (unpaired) electrons. The maximum Gasteiger partial charge on any atom is 0.186 e. The monoisotopic (exact) mass is 272 g/mol. The van der Waals surface area contributed by atoms with Gasteiger partial charge in [-0.25, -0.2) is 0 Å². The maximum atomic E-state index is 9.14. The molecule has 0 spiro atoms. The Bertz CT molecular complexity index is 606. The van der Waals surface area contributed by atoms with Crippen LogP contribution in [-0.4, -0.2) is 28.2 Å². The summed E-state index contributed by atoms with van der Waals surface area (Å²) >= 11 is 1.84. The summed E-state index contributed by atoms with van der Waals surface area (Å²) < 4.78 is 0. The molecule has 1 aromatic heterocycles. The second-order valence-electron chi connectivity index (χ2n) is 4.31. The Balaban J connectivity index is 2.27. The van der Waals surface area contributed by atoms with E-state index in [1.54, 1.807) is 0 Å². The number of nitriles is 1. The van der Waals surface area contributed by atoms with E-state index in [9.17, 15) is 0 Å². The van der Waals surface area contributed by atoms with Crippen LogP contribution in [0, 0.1) is 11.3 Å². The van der Waals surface area contributed by atoms with Gasteiger partial charge in [-0.1, -0.05) is 25.1 Å². The van der Waals surface area contributed by atoms with Gasteiger partial charge in [0.25, 0.3) is 0 Å². The lowest BCUT2D eigenvalue weighted by Gasteiger charge is -2.12. The number of thioether (sulfide) groups is 1. The van der Waals surface area contributed by atoms with Crippen LogP contribution in [0.2, 0.25) is 0 Å². The molecule has 2 rings (SSSR count). The number of nitrogens with one attached hydrogen (secondary N) is 1. The Morgan fingerprint density at radius 1 is 1.37 bits per heavy atom. The zero-order valence-corrected chi connectivity index (χ0v) is 11.9. The lowest BCUT2D eigenvalue weighted by atomic mass is 10.1. The van der Waals surface area contributed by atoms with E-state index in [1.165, 1.54) is 0 Å². The van der Waals surface area contributed by atoms with Crippen LogP contribution in [0.4, 0.5) is 5.69 Å². The Morgan fingerprint density at radius 2 is 2.16 bits per heavy atom. The van der Waals surface area contributed by atoms with Gasteiger partial charge in [0, 0.05) is 17.2 Å². The largest absolute Gasteiger partial charge is 0.382 e. The van der Waals surface area contributed by atoms with Crippen molar-refractivity contribution < 1.29 is 0 Å². The number of aromatic nitrogens is 2. The predicted molar refractivity (Wildman–Crippen MR) is 80.3 cm³/mol. The van der Waals surface area contributed by atoms with Crippen LogP contribution in [0.3, 0.4) is 0 Å². The number of nitrogens with zero attached hydrogens (tertiary/aromatic N) is 3. The molecular weight excluding hydrogens is 256 g/mol. The van der Waals surface area contributed by atoms with Gasteiger partial charge in [-0.05, 0) is 18.7 Å². The first-order chi connectivity index (χ1) is 9.26. The van der Waals surface area contributed by atoms with Crippen LogP contribution in [0.5, 0.6) is 0 Å². The summed E-state index contributed by atoms with van der Waals surface area (Å²) in [5.74, 6) is 0. The van der Waals surface area contributed by atoms with E-state index in [2.05, 4.69) is 34.8 Å². The fourth-order valence-electron chi connectivity index (χ4n) is 1.83. The van der Waals surface area contributed by atoms with Crippen molar-refractivity contribution in [3.8, 4) is 6.07 Å². The molecule has 1 N–H and O–H groups in total. The van der Waals surface area contributed by atoms with E-state index in [1.807, 2.05) is 36.0 Å². The fraction of sp³-hybridized carbons (Fsp3) is 0.357. The summed E-state index contributed by atoms with van der Waals surface area (Å²) in [6, 6.07) is 9.83. The summed E-state index contributed by atoms with van der Waals surface area (Å²) in [7, 11) is 0. The lowest BCUT2D eigenvalue weighted by molar-refractivity contribution is 0.852. The zero-order chi connectivity index (χ0) is 13.7. The maximum absolute atomic E-state index is 9.14. The minimum atomic E-state index is 0.357. The van der Waals surface area contributed by atoms with Gasteiger partial charge >= 0.3 is 0 Å². The second kappa shape index (κ2) is 6.39. The zero-order valence-electron chi connectivity index (χ0n) is 11.1. The van der Waals surface area contributed by atoms with E-state index >= 15 is 0 Å². The average molecular weight is 272 g/mol. The lowest BCUT2D eigenvalue weighted by Crippen LogP contribution is -2.10. The highest BCUT2D eigenvalue weighted by atomic mass is 32.2. The van der Waals surface area contributed by atoms with Crippen molar-refractivity contribution >= 4 is 28.4 Å². The van der Waals surface area contributed by atoms with Crippen LogP contribution in [-0.2, 0) is 0 Å². The Kier molecular flexibility index (Phi) is 4.58. The molecule has 1 unspecified atom stereocenters. The van der Waals surface area contributed by atoms with Gasteiger partial charge in [0.2, 0.25) is 0 Å². The Labute approximate surface area is 117 Å². The number of hydrogen-bond donors (Lipinski definition) is 1. The molecule has 4 nitrogen and oxygen atoms in total. The first kappa shape index (κ1) is 13.6. The molecule has 1 aromatic carbocycles. The SMILES string of the molecule is CSC(C)CCNc1c(C#N)nnc2ccccc12. The van der Waals surface area contributed by atoms with Crippen molar-refractivity contribution in [2.24, 2.45) is 0 Å². The average Bonchev–Trinajstić information content (AvgIpc) is 2.47. The molecule has 1 atom stereocenters. The van der Waals surface area contributed by atoms with Crippen LogP contribution in [0.25, 0.3) is 10.9 Å². The third-order valence-corrected chi connectivity index (χ3v) is 4.07. The summed E-state index contributed by atoms with van der Waals surface area (Å²) in [5.41, 5.74) is 1.96. The summed E-state index contributed by atoms with van der Waals surface area (Å²) in [4.78, 5) is 0. The van der Waals surface area contributed by atoms with E-state index in [4.69, 9.17) is 5.26 Å². The molecule has 0 fully saturated rings. The molecule has 0 saturated heterocycles. The van der Waals surface area contributed by atoms with Crippen molar-refractivity contribution in [2.75, 3.05) is 18.1 Å². The fourth-order valence-corrected chi connectivity index (χ4v) is 2.18. The summed E-state index contributed by atoms with van der Waals surface area (Å²) in [5, 5.41) is 22.0. The molecule has 0 aliphatic rings. The third-order valence-electron chi connectivity index (χ3n) is 3.03. The van der Waals surface area contributed by atoms with Crippen molar-refractivity contribution in [1.82, 2.24) is 10.2 Å². The molecular formula is C14H16N4S. The van der Waals surface area contributed by atoms with Gasteiger partial charge in [0.15, 0.2) is 5.69 Å². The third kappa shape index (κ3) is 3.15. The van der Waals surface area contributed by atoms with Crippen molar-refractivity contribution in [3.63, 3.8) is 0 Å². The van der Waals surface area contributed by atoms with E-state index < -0.39 is 0 Å². The van der Waals surface area contributed by atoms with E-state index in [-0.39, 0.29) is 0 Å². The van der Waals surface area contributed by atoms with Crippen LogP contribution >= 0.6 is 11.8 Å². The minimum Gasteiger partial charge on any atom is -0.382 e.